The molecule has 1 saturated carbocycles. The van der Waals surface area contributed by atoms with Crippen molar-refractivity contribution in [2.75, 3.05) is 13.2 Å². The van der Waals surface area contributed by atoms with Crippen LogP contribution in [0.3, 0.4) is 0 Å². The fourth-order valence-corrected chi connectivity index (χ4v) is 3.17. The second-order valence-corrected chi connectivity index (χ2v) is 7.42. The molecule has 0 aromatic heterocycles. The number of benzene rings is 1. The van der Waals surface area contributed by atoms with Crippen molar-refractivity contribution < 1.29 is 34.6 Å². The van der Waals surface area contributed by atoms with Crippen LogP contribution in [-0.4, -0.2) is 70.6 Å². The molecular weight excluding hydrogens is 352 g/mol. The van der Waals surface area contributed by atoms with Crippen LogP contribution < -0.4 is 0 Å². The molecule has 1 unspecified atom stereocenters. The molecule has 1 heterocycles. The van der Waals surface area contributed by atoms with Gasteiger partial charge in [-0.2, -0.15) is 0 Å². The third-order valence-electron chi connectivity index (χ3n) is 5.10. The normalized spacial score (nSPS) is 32.4. The zero-order valence-corrected chi connectivity index (χ0v) is 15.4. The topological polar surface area (TPSA) is 109 Å². The number of aryl methyl sites for hydroxylation is 1. The van der Waals surface area contributed by atoms with Crippen LogP contribution >= 0.6 is 0 Å². The van der Waals surface area contributed by atoms with E-state index in [1.54, 1.807) is 0 Å². The molecular formula is C20H30O7. The first-order chi connectivity index (χ1) is 13.1. The molecule has 0 bridgehead atoms. The second-order valence-electron chi connectivity index (χ2n) is 7.42. The molecule has 0 amide bonds. The molecule has 1 aliphatic carbocycles. The Balaban J connectivity index is 1.54. The van der Waals surface area contributed by atoms with Crippen LogP contribution in [0.4, 0.5) is 0 Å². The van der Waals surface area contributed by atoms with E-state index in [0.717, 1.165) is 25.7 Å². The van der Waals surface area contributed by atoms with E-state index in [2.05, 4.69) is 12.1 Å². The van der Waals surface area contributed by atoms with Gasteiger partial charge in [0.2, 0.25) is 0 Å². The third kappa shape index (κ3) is 5.96. The Kier molecular flexibility index (Phi) is 7.60. The van der Waals surface area contributed by atoms with E-state index in [9.17, 15) is 20.4 Å². The van der Waals surface area contributed by atoms with Gasteiger partial charge in [-0.25, -0.2) is 0 Å². The molecule has 0 spiro atoms. The molecule has 7 nitrogen and oxygen atoms in total. The quantitative estimate of drug-likeness (QED) is 0.438. The van der Waals surface area contributed by atoms with E-state index in [0.29, 0.717) is 18.9 Å². The first-order valence-corrected chi connectivity index (χ1v) is 9.70. The minimum Gasteiger partial charge on any atom is -0.394 e. The van der Waals surface area contributed by atoms with E-state index >= 15 is 0 Å². The van der Waals surface area contributed by atoms with Crippen molar-refractivity contribution in [3.05, 3.63) is 35.9 Å². The van der Waals surface area contributed by atoms with Gasteiger partial charge in [-0.05, 0) is 43.6 Å². The maximum Gasteiger partial charge on any atom is 0.189 e. The van der Waals surface area contributed by atoms with E-state index in [-0.39, 0.29) is 0 Å². The monoisotopic (exact) mass is 382 g/mol. The average molecular weight is 382 g/mol. The maximum atomic E-state index is 10.2. The lowest BCUT2D eigenvalue weighted by Crippen LogP contribution is -2.59. The first-order valence-electron chi connectivity index (χ1n) is 9.70. The van der Waals surface area contributed by atoms with Gasteiger partial charge in [-0.1, -0.05) is 30.3 Å². The number of ether oxygens (including phenoxy) is 3. The molecule has 1 aliphatic heterocycles. The summed E-state index contributed by atoms with van der Waals surface area (Å²) in [5.74, 6) is 0.556. The molecule has 2 aliphatic rings. The van der Waals surface area contributed by atoms with Crippen molar-refractivity contribution >= 4 is 0 Å². The van der Waals surface area contributed by atoms with Gasteiger partial charge in [0.1, 0.15) is 24.4 Å². The molecule has 2 fully saturated rings. The molecule has 7 heteroatoms. The van der Waals surface area contributed by atoms with Crippen molar-refractivity contribution in [1.82, 2.24) is 0 Å². The van der Waals surface area contributed by atoms with E-state index < -0.39 is 43.6 Å². The van der Waals surface area contributed by atoms with Crippen molar-refractivity contribution in [2.45, 2.75) is 69.1 Å². The van der Waals surface area contributed by atoms with E-state index in [1.807, 2.05) is 18.2 Å². The zero-order chi connectivity index (χ0) is 19.2. The smallest absolute Gasteiger partial charge is 0.189 e. The minimum absolute atomic E-state index is 0.480. The molecule has 1 aromatic carbocycles. The Morgan fingerprint density at radius 3 is 2.44 bits per heavy atom. The molecule has 1 aromatic rings. The minimum atomic E-state index is -1.45. The second kappa shape index (κ2) is 9.93. The number of aliphatic hydroxyl groups is 4. The summed E-state index contributed by atoms with van der Waals surface area (Å²) >= 11 is 0. The summed E-state index contributed by atoms with van der Waals surface area (Å²) in [5.41, 5.74) is 1.23. The van der Waals surface area contributed by atoms with Crippen LogP contribution in [-0.2, 0) is 20.6 Å². The molecule has 152 valence electrons. The van der Waals surface area contributed by atoms with Crippen molar-refractivity contribution in [1.29, 1.82) is 0 Å². The van der Waals surface area contributed by atoms with Crippen LogP contribution in [0.25, 0.3) is 0 Å². The summed E-state index contributed by atoms with van der Waals surface area (Å²) in [6, 6.07) is 10.1. The molecule has 3 rings (SSSR count). The highest BCUT2D eigenvalue weighted by atomic mass is 16.8. The van der Waals surface area contributed by atoms with Crippen molar-refractivity contribution in [2.24, 2.45) is 5.92 Å². The summed E-state index contributed by atoms with van der Waals surface area (Å²) in [6.45, 7) is 0.111. The Labute approximate surface area is 159 Å². The standard InChI is InChI=1S/C20H30O7/c21-11-15-17(22)18(23)19(24)20(26-15)27-16(25-12-14-9-10-14)8-4-7-13-5-2-1-3-6-13/h1-3,5-6,14-24H,4,7-12H2/t15-,16?,17-,18+,19-,20+/m1/s1. The van der Waals surface area contributed by atoms with Gasteiger partial charge in [0.15, 0.2) is 12.6 Å². The molecule has 6 atom stereocenters. The fraction of sp³-hybridized carbons (Fsp3) is 0.700. The number of aliphatic hydroxyl groups excluding tert-OH is 4. The van der Waals surface area contributed by atoms with Gasteiger partial charge >= 0.3 is 0 Å². The Hall–Kier alpha value is -1.06. The summed E-state index contributed by atoms with van der Waals surface area (Å²) in [5, 5.41) is 39.3. The summed E-state index contributed by atoms with van der Waals surface area (Å²) in [4.78, 5) is 0. The number of hydrogen-bond acceptors (Lipinski definition) is 7. The average Bonchev–Trinajstić information content (AvgIpc) is 3.51. The Morgan fingerprint density at radius 1 is 1.04 bits per heavy atom. The van der Waals surface area contributed by atoms with Gasteiger partial charge in [0.25, 0.3) is 0 Å². The van der Waals surface area contributed by atoms with Crippen molar-refractivity contribution in [3.8, 4) is 0 Å². The summed E-state index contributed by atoms with van der Waals surface area (Å²) < 4.78 is 17.1. The number of rotatable bonds is 10. The summed E-state index contributed by atoms with van der Waals surface area (Å²) in [7, 11) is 0. The van der Waals surface area contributed by atoms with Crippen LogP contribution in [0.15, 0.2) is 30.3 Å². The lowest BCUT2D eigenvalue weighted by atomic mass is 9.99. The lowest BCUT2D eigenvalue weighted by molar-refractivity contribution is -0.338. The van der Waals surface area contributed by atoms with Gasteiger partial charge in [0.05, 0.1) is 13.2 Å². The molecule has 4 N–H and O–H groups in total. The summed E-state index contributed by atoms with van der Waals surface area (Å²) in [6.07, 6.45) is -2.38. The van der Waals surface area contributed by atoms with Crippen LogP contribution in [0, 0.1) is 5.92 Å². The molecule has 0 radical (unpaired) electrons. The third-order valence-corrected chi connectivity index (χ3v) is 5.10. The Morgan fingerprint density at radius 2 is 1.78 bits per heavy atom. The van der Waals surface area contributed by atoms with E-state index in [4.69, 9.17) is 14.2 Å². The fourth-order valence-electron chi connectivity index (χ4n) is 3.17. The van der Waals surface area contributed by atoms with Gasteiger partial charge in [0, 0.05) is 0 Å². The highest BCUT2D eigenvalue weighted by Crippen LogP contribution is 2.30. The largest absolute Gasteiger partial charge is 0.394 e. The van der Waals surface area contributed by atoms with Gasteiger partial charge in [-0.15, -0.1) is 0 Å². The van der Waals surface area contributed by atoms with E-state index in [1.165, 1.54) is 5.56 Å². The highest BCUT2D eigenvalue weighted by molar-refractivity contribution is 5.14. The predicted octanol–water partition coefficient (Wildman–Crippen LogP) is 0.578. The van der Waals surface area contributed by atoms with Gasteiger partial charge in [-0.3, -0.25) is 0 Å². The SMILES string of the molecule is OC[C@H]1O[C@@H](OC(CCCc2ccccc2)OCC2CC2)[C@H](O)[C@@H](O)[C@@H]1O. The molecule has 1 saturated heterocycles. The maximum absolute atomic E-state index is 10.2. The highest BCUT2D eigenvalue weighted by Gasteiger charge is 2.45. The lowest BCUT2D eigenvalue weighted by Gasteiger charge is -2.40. The van der Waals surface area contributed by atoms with Crippen LogP contribution in [0.5, 0.6) is 0 Å². The first kappa shape index (κ1) is 20.7. The number of hydrogen-bond donors (Lipinski definition) is 4. The van der Waals surface area contributed by atoms with Crippen molar-refractivity contribution in [3.63, 3.8) is 0 Å². The van der Waals surface area contributed by atoms with Crippen LogP contribution in [0.1, 0.15) is 31.2 Å². The predicted molar refractivity (Wildman–Crippen MR) is 96.7 cm³/mol. The Bertz CT molecular complexity index is 549. The van der Waals surface area contributed by atoms with Crippen LogP contribution in [0.2, 0.25) is 0 Å². The molecule has 27 heavy (non-hydrogen) atoms. The van der Waals surface area contributed by atoms with Gasteiger partial charge < -0.3 is 34.6 Å². The zero-order valence-electron chi connectivity index (χ0n) is 15.4.